The van der Waals surface area contributed by atoms with Crippen LogP contribution in [0.4, 0.5) is 0 Å². The van der Waals surface area contributed by atoms with Gasteiger partial charge in [-0.1, -0.05) is 20.3 Å². The molecule has 3 heteroatoms. The van der Waals surface area contributed by atoms with Crippen molar-refractivity contribution in [3.8, 4) is 0 Å². The Bertz CT molecular complexity index is 297. The van der Waals surface area contributed by atoms with Crippen molar-refractivity contribution in [3.05, 3.63) is 0 Å². The molecule has 0 radical (unpaired) electrons. The van der Waals surface area contributed by atoms with Gasteiger partial charge in [-0.2, -0.15) is 0 Å². The van der Waals surface area contributed by atoms with E-state index in [2.05, 4.69) is 24.1 Å². The molecule has 3 nitrogen and oxygen atoms in total. The number of hydrogen-bond donors (Lipinski definition) is 2. The minimum absolute atomic E-state index is 0.00457. The summed E-state index contributed by atoms with van der Waals surface area (Å²) in [5.74, 6) is 0.944. The third-order valence-electron chi connectivity index (χ3n) is 5.85. The molecule has 0 aromatic carbocycles. The minimum Gasteiger partial charge on any atom is -0.394 e. The van der Waals surface area contributed by atoms with Gasteiger partial charge in [0.05, 0.1) is 6.61 Å². The van der Waals surface area contributed by atoms with E-state index in [4.69, 9.17) is 0 Å². The summed E-state index contributed by atoms with van der Waals surface area (Å²) in [6.45, 7) is 8.43. The van der Waals surface area contributed by atoms with Crippen LogP contribution in [0, 0.1) is 5.92 Å². The molecule has 2 N–H and O–H groups in total. The molecule has 2 aliphatic rings. The van der Waals surface area contributed by atoms with Crippen molar-refractivity contribution in [2.75, 3.05) is 26.2 Å². The molecule has 2 fully saturated rings. The van der Waals surface area contributed by atoms with E-state index in [9.17, 15) is 5.11 Å². The SMILES string of the molecule is CCCNC1(CO)CCCC(N2CCCC(CC)CC2)C1. The van der Waals surface area contributed by atoms with Gasteiger partial charge in [0.2, 0.25) is 0 Å². The standard InChI is InChI=1S/C18H36N2O/c1-3-11-19-18(15-21)10-5-8-17(14-18)20-12-6-7-16(4-2)9-13-20/h16-17,19,21H,3-15H2,1-2H3. The summed E-state index contributed by atoms with van der Waals surface area (Å²) >= 11 is 0. The van der Waals surface area contributed by atoms with Crippen LogP contribution in [0.25, 0.3) is 0 Å². The van der Waals surface area contributed by atoms with E-state index in [-0.39, 0.29) is 5.54 Å². The number of likely N-dealkylation sites (tertiary alicyclic amines) is 1. The van der Waals surface area contributed by atoms with Gasteiger partial charge >= 0.3 is 0 Å². The Morgan fingerprint density at radius 3 is 2.71 bits per heavy atom. The Morgan fingerprint density at radius 2 is 2.00 bits per heavy atom. The largest absolute Gasteiger partial charge is 0.394 e. The fourth-order valence-electron chi connectivity index (χ4n) is 4.35. The second kappa shape index (κ2) is 8.50. The van der Waals surface area contributed by atoms with Crippen LogP contribution in [0.3, 0.4) is 0 Å². The number of rotatable bonds is 6. The molecule has 1 saturated heterocycles. The lowest BCUT2D eigenvalue weighted by atomic mass is 9.78. The minimum atomic E-state index is -0.00457. The maximum atomic E-state index is 9.94. The van der Waals surface area contributed by atoms with Crippen LogP contribution in [-0.4, -0.2) is 47.8 Å². The van der Waals surface area contributed by atoms with Gasteiger partial charge in [0, 0.05) is 11.6 Å². The van der Waals surface area contributed by atoms with Gasteiger partial charge in [-0.05, 0) is 76.9 Å². The average Bonchev–Trinajstić information content (AvgIpc) is 2.78. The first-order valence-corrected chi connectivity index (χ1v) is 9.33. The van der Waals surface area contributed by atoms with Crippen LogP contribution in [0.2, 0.25) is 0 Å². The molecular weight excluding hydrogens is 260 g/mol. The molecule has 1 aliphatic carbocycles. The zero-order valence-corrected chi connectivity index (χ0v) is 14.2. The number of aliphatic hydroxyl groups excluding tert-OH is 1. The first-order chi connectivity index (χ1) is 10.2. The average molecular weight is 296 g/mol. The zero-order valence-electron chi connectivity index (χ0n) is 14.2. The van der Waals surface area contributed by atoms with Crippen molar-refractivity contribution in [2.45, 2.75) is 83.2 Å². The van der Waals surface area contributed by atoms with E-state index >= 15 is 0 Å². The summed E-state index contributed by atoms with van der Waals surface area (Å²) in [7, 11) is 0. The molecule has 0 aromatic rings. The van der Waals surface area contributed by atoms with Crippen molar-refractivity contribution in [3.63, 3.8) is 0 Å². The summed E-state index contributed by atoms with van der Waals surface area (Å²) < 4.78 is 0. The molecule has 3 unspecified atom stereocenters. The van der Waals surface area contributed by atoms with Gasteiger partial charge in [-0.15, -0.1) is 0 Å². The fourth-order valence-corrected chi connectivity index (χ4v) is 4.35. The fraction of sp³-hybridized carbons (Fsp3) is 1.00. The Hall–Kier alpha value is -0.120. The normalized spacial score (nSPS) is 35.6. The molecule has 1 heterocycles. The predicted molar refractivity (Wildman–Crippen MR) is 89.6 cm³/mol. The predicted octanol–water partition coefficient (Wildman–Crippen LogP) is 3.17. The Labute approximate surface area is 131 Å². The molecule has 21 heavy (non-hydrogen) atoms. The molecular formula is C18H36N2O. The quantitative estimate of drug-likeness (QED) is 0.790. The Kier molecular flexibility index (Phi) is 6.97. The first-order valence-electron chi connectivity index (χ1n) is 9.33. The van der Waals surface area contributed by atoms with Gasteiger partial charge in [0.25, 0.3) is 0 Å². The van der Waals surface area contributed by atoms with E-state index in [1.54, 1.807) is 0 Å². The second-order valence-electron chi connectivity index (χ2n) is 7.36. The molecule has 2 rings (SSSR count). The van der Waals surface area contributed by atoms with Gasteiger partial charge in [0.15, 0.2) is 0 Å². The van der Waals surface area contributed by atoms with Crippen LogP contribution < -0.4 is 5.32 Å². The van der Waals surface area contributed by atoms with Crippen molar-refractivity contribution >= 4 is 0 Å². The summed E-state index contributed by atoms with van der Waals surface area (Å²) in [6, 6.07) is 0.686. The molecule has 0 aromatic heterocycles. The Balaban J connectivity index is 1.93. The molecule has 1 aliphatic heterocycles. The molecule has 3 atom stereocenters. The highest BCUT2D eigenvalue weighted by Crippen LogP contribution is 2.33. The second-order valence-corrected chi connectivity index (χ2v) is 7.36. The highest BCUT2D eigenvalue weighted by Gasteiger charge is 2.37. The molecule has 0 bridgehead atoms. The van der Waals surface area contributed by atoms with Gasteiger partial charge in [0.1, 0.15) is 0 Å². The van der Waals surface area contributed by atoms with E-state index in [1.807, 2.05) is 0 Å². The van der Waals surface area contributed by atoms with Gasteiger partial charge < -0.3 is 15.3 Å². The molecule has 124 valence electrons. The highest BCUT2D eigenvalue weighted by atomic mass is 16.3. The maximum absolute atomic E-state index is 9.94. The first kappa shape index (κ1) is 17.2. The van der Waals surface area contributed by atoms with E-state index in [1.165, 1.54) is 51.6 Å². The summed E-state index contributed by atoms with van der Waals surface area (Å²) in [5, 5.41) is 13.6. The van der Waals surface area contributed by atoms with Crippen LogP contribution in [0.1, 0.15) is 71.6 Å². The van der Waals surface area contributed by atoms with Crippen molar-refractivity contribution < 1.29 is 5.11 Å². The number of nitrogens with zero attached hydrogens (tertiary/aromatic N) is 1. The maximum Gasteiger partial charge on any atom is 0.0613 e. The van der Waals surface area contributed by atoms with Crippen molar-refractivity contribution in [1.29, 1.82) is 0 Å². The van der Waals surface area contributed by atoms with E-state index in [0.717, 1.165) is 31.7 Å². The lowest BCUT2D eigenvalue weighted by molar-refractivity contribution is 0.0602. The lowest BCUT2D eigenvalue weighted by Crippen LogP contribution is -2.56. The molecule has 1 saturated carbocycles. The van der Waals surface area contributed by atoms with Crippen LogP contribution in [0.5, 0.6) is 0 Å². The highest BCUT2D eigenvalue weighted by molar-refractivity contribution is 4.96. The van der Waals surface area contributed by atoms with Crippen LogP contribution in [-0.2, 0) is 0 Å². The van der Waals surface area contributed by atoms with Gasteiger partial charge in [-0.3, -0.25) is 0 Å². The zero-order chi connectivity index (χ0) is 15.1. The third kappa shape index (κ3) is 4.67. The summed E-state index contributed by atoms with van der Waals surface area (Å²) in [5.41, 5.74) is -0.00457. The van der Waals surface area contributed by atoms with E-state index in [0.29, 0.717) is 12.6 Å². The lowest BCUT2D eigenvalue weighted by Gasteiger charge is -2.44. The third-order valence-corrected chi connectivity index (χ3v) is 5.85. The topological polar surface area (TPSA) is 35.5 Å². The smallest absolute Gasteiger partial charge is 0.0613 e. The van der Waals surface area contributed by atoms with Crippen LogP contribution in [0.15, 0.2) is 0 Å². The monoisotopic (exact) mass is 296 g/mol. The number of hydrogen-bond acceptors (Lipinski definition) is 3. The van der Waals surface area contributed by atoms with E-state index < -0.39 is 0 Å². The Morgan fingerprint density at radius 1 is 1.14 bits per heavy atom. The van der Waals surface area contributed by atoms with Gasteiger partial charge in [-0.25, -0.2) is 0 Å². The molecule has 0 amide bonds. The number of nitrogens with one attached hydrogen (secondary N) is 1. The van der Waals surface area contributed by atoms with Crippen molar-refractivity contribution in [1.82, 2.24) is 10.2 Å². The summed E-state index contributed by atoms with van der Waals surface area (Å²) in [4.78, 5) is 2.74. The number of aliphatic hydroxyl groups is 1. The van der Waals surface area contributed by atoms with Crippen molar-refractivity contribution in [2.24, 2.45) is 5.92 Å². The van der Waals surface area contributed by atoms with Crippen LogP contribution >= 0.6 is 0 Å². The summed E-state index contributed by atoms with van der Waals surface area (Å²) in [6.07, 6.45) is 11.5. The molecule has 0 spiro atoms.